The normalized spacial score (nSPS) is 10.4. The smallest absolute Gasteiger partial charge is 0.163 e. The van der Waals surface area contributed by atoms with Crippen LogP contribution in [-0.2, 0) is 0 Å². The van der Waals surface area contributed by atoms with Crippen molar-refractivity contribution < 1.29 is 4.79 Å². The standard InChI is InChI=1S/C11H15NO/c1-8(2)6-11(13)9-4-3-5-10(12)7-9/h3-5,7-8H,6,12H2,1-2H3. The minimum absolute atomic E-state index is 0.169. The lowest BCUT2D eigenvalue weighted by Crippen LogP contribution is -2.03. The average molecular weight is 177 g/mol. The van der Waals surface area contributed by atoms with Crippen LogP contribution in [-0.4, -0.2) is 5.78 Å². The van der Waals surface area contributed by atoms with Gasteiger partial charge in [-0.2, -0.15) is 0 Å². The summed E-state index contributed by atoms with van der Waals surface area (Å²) in [5.74, 6) is 0.566. The summed E-state index contributed by atoms with van der Waals surface area (Å²) in [4.78, 5) is 11.6. The number of anilines is 1. The van der Waals surface area contributed by atoms with Crippen LogP contribution in [0.15, 0.2) is 24.3 Å². The summed E-state index contributed by atoms with van der Waals surface area (Å²) in [7, 11) is 0. The van der Waals surface area contributed by atoms with Gasteiger partial charge in [0.1, 0.15) is 0 Å². The molecular weight excluding hydrogens is 162 g/mol. The molecule has 13 heavy (non-hydrogen) atoms. The summed E-state index contributed by atoms with van der Waals surface area (Å²) >= 11 is 0. The van der Waals surface area contributed by atoms with E-state index in [1.807, 2.05) is 19.9 Å². The Kier molecular flexibility index (Phi) is 3.07. The van der Waals surface area contributed by atoms with Crippen LogP contribution in [0.1, 0.15) is 30.6 Å². The van der Waals surface area contributed by atoms with Crippen molar-refractivity contribution >= 4 is 11.5 Å². The van der Waals surface area contributed by atoms with Crippen LogP contribution in [0, 0.1) is 5.92 Å². The van der Waals surface area contributed by atoms with Crippen molar-refractivity contribution in [3.05, 3.63) is 29.8 Å². The molecule has 0 aliphatic carbocycles. The highest BCUT2D eigenvalue weighted by molar-refractivity contribution is 5.96. The summed E-state index contributed by atoms with van der Waals surface area (Å²) in [6, 6.07) is 7.13. The van der Waals surface area contributed by atoms with Crippen LogP contribution in [0.5, 0.6) is 0 Å². The molecule has 2 N–H and O–H groups in total. The second-order valence-corrected chi connectivity index (χ2v) is 3.65. The quantitative estimate of drug-likeness (QED) is 0.569. The molecular formula is C11H15NO. The van der Waals surface area contributed by atoms with Crippen molar-refractivity contribution in [2.45, 2.75) is 20.3 Å². The first kappa shape index (κ1) is 9.78. The first-order valence-electron chi connectivity index (χ1n) is 4.48. The van der Waals surface area contributed by atoms with E-state index in [0.29, 0.717) is 23.6 Å². The maximum Gasteiger partial charge on any atom is 0.163 e. The van der Waals surface area contributed by atoms with Gasteiger partial charge in [-0.05, 0) is 18.1 Å². The fraction of sp³-hybridized carbons (Fsp3) is 0.364. The Hall–Kier alpha value is -1.31. The monoisotopic (exact) mass is 177 g/mol. The lowest BCUT2D eigenvalue weighted by molar-refractivity contribution is 0.0968. The first-order chi connectivity index (χ1) is 6.09. The molecule has 0 saturated heterocycles. The summed E-state index contributed by atoms with van der Waals surface area (Å²) in [5.41, 5.74) is 6.94. The van der Waals surface area contributed by atoms with Crippen molar-refractivity contribution in [1.29, 1.82) is 0 Å². The molecule has 0 aliphatic rings. The molecule has 2 nitrogen and oxygen atoms in total. The second kappa shape index (κ2) is 4.08. The molecule has 0 saturated carbocycles. The zero-order valence-corrected chi connectivity index (χ0v) is 8.08. The minimum atomic E-state index is 0.169. The number of ketones is 1. The number of benzene rings is 1. The van der Waals surface area contributed by atoms with Gasteiger partial charge in [0, 0.05) is 17.7 Å². The van der Waals surface area contributed by atoms with E-state index in [0.717, 1.165) is 0 Å². The number of carbonyl (C=O) groups is 1. The minimum Gasteiger partial charge on any atom is -0.399 e. The van der Waals surface area contributed by atoms with E-state index in [1.165, 1.54) is 0 Å². The molecule has 70 valence electrons. The fourth-order valence-corrected chi connectivity index (χ4v) is 1.20. The Morgan fingerprint density at radius 2 is 2.15 bits per heavy atom. The molecule has 0 atom stereocenters. The van der Waals surface area contributed by atoms with Crippen molar-refractivity contribution in [1.82, 2.24) is 0 Å². The van der Waals surface area contributed by atoms with E-state index >= 15 is 0 Å². The van der Waals surface area contributed by atoms with E-state index in [1.54, 1.807) is 18.2 Å². The molecule has 0 radical (unpaired) electrons. The van der Waals surface area contributed by atoms with Gasteiger partial charge >= 0.3 is 0 Å². The van der Waals surface area contributed by atoms with Gasteiger partial charge in [0.25, 0.3) is 0 Å². The predicted octanol–water partition coefficient (Wildman–Crippen LogP) is 2.50. The number of hydrogen-bond donors (Lipinski definition) is 1. The van der Waals surface area contributed by atoms with Crippen LogP contribution in [0.25, 0.3) is 0 Å². The van der Waals surface area contributed by atoms with Gasteiger partial charge in [-0.15, -0.1) is 0 Å². The Bertz CT molecular complexity index is 305. The highest BCUT2D eigenvalue weighted by Gasteiger charge is 2.07. The van der Waals surface area contributed by atoms with Gasteiger partial charge in [-0.1, -0.05) is 26.0 Å². The molecule has 0 unspecified atom stereocenters. The van der Waals surface area contributed by atoms with Gasteiger partial charge in [0.15, 0.2) is 5.78 Å². The van der Waals surface area contributed by atoms with E-state index in [-0.39, 0.29) is 5.78 Å². The average Bonchev–Trinajstić information content (AvgIpc) is 2.03. The third-order valence-corrected chi connectivity index (χ3v) is 1.80. The zero-order chi connectivity index (χ0) is 9.84. The molecule has 0 aromatic heterocycles. The number of Topliss-reactive ketones (excluding diaryl/α,β-unsaturated/α-hetero) is 1. The number of carbonyl (C=O) groups excluding carboxylic acids is 1. The molecule has 0 bridgehead atoms. The van der Waals surface area contributed by atoms with Gasteiger partial charge in [0.2, 0.25) is 0 Å². The zero-order valence-electron chi connectivity index (χ0n) is 8.08. The molecule has 1 aromatic rings. The molecule has 0 amide bonds. The summed E-state index contributed by atoms with van der Waals surface area (Å²) in [6.07, 6.45) is 0.587. The molecule has 0 fully saturated rings. The Morgan fingerprint density at radius 3 is 2.69 bits per heavy atom. The molecule has 0 spiro atoms. The third-order valence-electron chi connectivity index (χ3n) is 1.80. The second-order valence-electron chi connectivity index (χ2n) is 3.65. The highest BCUT2D eigenvalue weighted by atomic mass is 16.1. The SMILES string of the molecule is CC(C)CC(=O)c1cccc(N)c1. The largest absolute Gasteiger partial charge is 0.399 e. The first-order valence-corrected chi connectivity index (χ1v) is 4.48. The summed E-state index contributed by atoms with van der Waals surface area (Å²) < 4.78 is 0. The molecule has 0 aliphatic heterocycles. The molecule has 1 rings (SSSR count). The lowest BCUT2D eigenvalue weighted by atomic mass is 10.0. The Balaban J connectivity index is 2.77. The fourth-order valence-electron chi connectivity index (χ4n) is 1.20. The van der Waals surface area contributed by atoms with Crippen molar-refractivity contribution in [2.24, 2.45) is 5.92 Å². The van der Waals surface area contributed by atoms with E-state index in [9.17, 15) is 4.79 Å². The van der Waals surface area contributed by atoms with Gasteiger partial charge < -0.3 is 5.73 Å². The predicted molar refractivity (Wildman–Crippen MR) is 54.6 cm³/mol. The lowest BCUT2D eigenvalue weighted by Gasteiger charge is -2.04. The number of nitrogen functional groups attached to an aromatic ring is 1. The van der Waals surface area contributed by atoms with Crippen LogP contribution in [0.3, 0.4) is 0 Å². The molecule has 0 heterocycles. The third kappa shape index (κ3) is 2.90. The topological polar surface area (TPSA) is 43.1 Å². The maximum absolute atomic E-state index is 11.6. The summed E-state index contributed by atoms with van der Waals surface area (Å²) in [6.45, 7) is 4.06. The Morgan fingerprint density at radius 1 is 1.46 bits per heavy atom. The van der Waals surface area contributed by atoms with E-state index in [4.69, 9.17) is 5.73 Å². The maximum atomic E-state index is 11.6. The summed E-state index contributed by atoms with van der Waals surface area (Å²) in [5, 5.41) is 0. The molecule has 2 heteroatoms. The Labute approximate surface area is 78.8 Å². The van der Waals surface area contributed by atoms with Crippen molar-refractivity contribution in [3.63, 3.8) is 0 Å². The number of nitrogens with two attached hydrogens (primary N) is 1. The van der Waals surface area contributed by atoms with Gasteiger partial charge in [-0.25, -0.2) is 0 Å². The number of hydrogen-bond acceptors (Lipinski definition) is 2. The number of rotatable bonds is 3. The van der Waals surface area contributed by atoms with Gasteiger partial charge in [0.05, 0.1) is 0 Å². The molecule has 1 aromatic carbocycles. The van der Waals surface area contributed by atoms with Crippen molar-refractivity contribution in [2.75, 3.05) is 5.73 Å². The van der Waals surface area contributed by atoms with Crippen molar-refractivity contribution in [3.8, 4) is 0 Å². The van der Waals surface area contributed by atoms with Crippen LogP contribution < -0.4 is 5.73 Å². The van der Waals surface area contributed by atoms with Crippen LogP contribution in [0.4, 0.5) is 5.69 Å². The van der Waals surface area contributed by atoms with E-state index < -0.39 is 0 Å². The van der Waals surface area contributed by atoms with E-state index in [2.05, 4.69) is 0 Å². The highest BCUT2D eigenvalue weighted by Crippen LogP contribution is 2.12. The van der Waals surface area contributed by atoms with Crippen LogP contribution >= 0.6 is 0 Å². The van der Waals surface area contributed by atoms with Gasteiger partial charge in [-0.3, -0.25) is 4.79 Å². The van der Waals surface area contributed by atoms with Crippen LogP contribution in [0.2, 0.25) is 0 Å².